The van der Waals surface area contributed by atoms with E-state index in [0.717, 1.165) is 18.7 Å². The number of H-pyrrole nitrogens is 1. The van der Waals surface area contributed by atoms with Crippen molar-refractivity contribution in [3.05, 3.63) is 30.1 Å². The molecule has 108 valence electrons. The zero-order valence-corrected chi connectivity index (χ0v) is 11.8. The summed E-state index contributed by atoms with van der Waals surface area (Å²) in [4.78, 5) is 16.2. The first-order valence-corrected chi connectivity index (χ1v) is 6.67. The van der Waals surface area contributed by atoms with Crippen LogP contribution in [0, 0.1) is 0 Å². The van der Waals surface area contributed by atoms with Crippen LogP contribution >= 0.6 is 0 Å². The molecule has 7 nitrogen and oxygen atoms in total. The lowest BCUT2D eigenvalue weighted by Gasteiger charge is -2.12. The van der Waals surface area contributed by atoms with Crippen molar-refractivity contribution in [2.75, 3.05) is 12.3 Å². The molecule has 0 radical (unpaired) electrons. The minimum atomic E-state index is -0.104. The van der Waals surface area contributed by atoms with Crippen molar-refractivity contribution in [2.45, 2.75) is 32.7 Å². The highest BCUT2D eigenvalue weighted by molar-refractivity contribution is 5.93. The predicted molar refractivity (Wildman–Crippen MR) is 76.3 cm³/mol. The van der Waals surface area contributed by atoms with Gasteiger partial charge >= 0.3 is 0 Å². The molecule has 0 atom stereocenters. The third-order valence-electron chi connectivity index (χ3n) is 3.00. The highest BCUT2D eigenvalue weighted by Gasteiger charge is 2.14. The van der Waals surface area contributed by atoms with E-state index in [9.17, 15) is 4.79 Å². The van der Waals surface area contributed by atoms with Gasteiger partial charge in [-0.15, -0.1) is 0 Å². The van der Waals surface area contributed by atoms with Gasteiger partial charge in [0.05, 0.1) is 5.69 Å². The summed E-state index contributed by atoms with van der Waals surface area (Å²) in [6.07, 6.45) is 4.83. The second-order valence-corrected chi connectivity index (χ2v) is 4.95. The largest absolute Gasteiger partial charge is 0.397 e. The van der Waals surface area contributed by atoms with Crippen molar-refractivity contribution < 1.29 is 4.79 Å². The number of carbonyl (C=O) groups is 1. The van der Waals surface area contributed by atoms with Crippen molar-refractivity contribution >= 4 is 11.6 Å². The van der Waals surface area contributed by atoms with Gasteiger partial charge in [-0.3, -0.25) is 9.89 Å². The Kier molecular flexibility index (Phi) is 4.39. The van der Waals surface area contributed by atoms with Crippen LogP contribution in [0.4, 0.5) is 5.69 Å². The fourth-order valence-electron chi connectivity index (χ4n) is 2.01. The molecule has 7 heteroatoms. The Morgan fingerprint density at radius 2 is 2.35 bits per heavy atom. The average molecular weight is 276 g/mol. The maximum atomic E-state index is 12.1. The van der Waals surface area contributed by atoms with Gasteiger partial charge in [-0.2, -0.15) is 5.10 Å². The molecule has 2 rings (SSSR count). The normalized spacial score (nSPS) is 10.9. The molecule has 0 aliphatic rings. The first-order valence-electron chi connectivity index (χ1n) is 6.67. The maximum Gasteiger partial charge on any atom is 0.267 e. The first-order chi connectivity index (χ1) is 9.58. The zero-order valence-electron chi connectivity index (χ0n) is 11.8. The number of nitrogens with one attached hydrogen (secondary N) is 2. The van der Waals surface area contributed by atoms with E-state index in [1.54, 1.807) is 12.3 Å². The molecular formula is C13H20N6O. The van der Waals surface area contributed by atoms with E-state index in [1.807, 2.05) is 18.4 Å². The Morgan fingerprint density at radius 3 is 3.00 bits per heavy atom. The summed E-state index contributed by atoms with van der Waals surface area (Å²) in [7, 11) is 0. The Morgan fingerprint density at radius 1 is 1.55 bits per heavy atom. The fraction of sp³-hybridized carbons (Fsp3) is 0.462. The van der Waals surface area contributed by atoms with Crippen LogP contribution in [-0.2, 0) is 6.42 Å². The van der Waals surface area contributed by atoms with Crippen molar-refractivity contribution in [1.82, 2.24) is 25.1 Å². The van der Waals surface area contributed by atoms with E-state index in [4.69, 9.17) is 5.73 Å². The smallest absolute Gasteiger partial charge is 0.267 e. The summed E-state index contributed by atoms with van der Waals surface area (Å²) in [5, 5.41) is 9.46. The van der Waals surface area contributed by atoms with Crippen LogP contribution in [0.5, 0.6) is 0 Å². The second-order valence-electron chi connectivity index (χ2n) is 4.95. The topological polar surface area (TPSA) is 102 Å². The van der Waals surface area contributed by atoms with Gasteiger partial charge in [0.2, 0.25) is 0 Å². The molecule has 2 heterocycles. The molecule has 0 fully saturated rings. The molecule has 0 saturated heterocycles. The van der Waals surface area contributed by atoms with Gasteiger partial charge in [-0.1, -0.05) is 0 Å². The van der Waals surface area contributed by atoms with Gasteiger partial charge < -0.3 is 15.6 Å². The first kappa shape index (κ1) is 14.1. The minimum Gasteiger partial charge on any atom is -0.397 e. The van der Waals surface area contributed by atoms with Gasteiger partial charge in [0.1, 0.15) is 17.8 Å². The third kappa shape index (κ3) is 3.37. The summed E-state index contributed by atoms with van der Waals surface area (Å²) in [5.41, 5.74) is 6.95. The second kappa shape index (κ2) is 6.23. The van der Waals surface area contributed by atoms with Crippen LogP contribution in [0.2, 0.25) is 0 Å². The Bertz CT molecular complexity index is 557. The van der Waals surface area contributed by atoms with Crippen LogP contribution in [0.15, 0.2) is 18.6 Å². The Balaban J connectivity index is 1.85. The molecule has 0 spiro atoms. The number of anilines is 1. The number of nitrogens with zero attached hydrogens (tertiary/aromatic N) is 3. The molecule has 4 N–H and O–H groups in total. The summed E-state index contributed by atoms with van der Waals surface area (Å²) < 4.78 is 1.88. The fourth-order valence-corrected chi connectivity index (χ4v) is 2.01. The van der Waals surface area contributed by atoms with E-state index >= 15 is 0 Å². The molecule has 2 aromatic rings. The number of rotatable bonds is 6. The van der Waals surface area contributed by atoms with Crippen molar-refractivity contribution in [1.29, 1.82) is 0 Å². The van der Waals surface area contributed by atoms with E-state index in [1.165, 1.54) is 6.33 Å². The lowest BCUT2D eigenvalue weighted by Crippen LogP contribution is -2.27. The highest BCUT2D eigenvalue weighted by atomic mass is 16.1. The monoisotopic (exact) mass is 276 g/mol. The lowest BCUT2D eigenvalue weighted by molar-refractivity contribution is 0.0942. The zero-order chi connectivity index (χ0) is 14.5. The van der Waals surface area contributed by atoms with Crippen LogP contribution in [0.3, 0.4) is 0 Å². The Labute approximate surface area is 117 Å². The number of hydrogen-bond donors (Lipinski definition) is 3. The third-order valence-corrected chi connectivity index (χ3v) is 3.00. The highest BCUT2D eigenvalue weighted by Crippen LogP contribution is 2.16. The number of aryl methyl sites for hydroxylation is 1. The lowest BCUT2D eigenvalue weighted by atomic mass is 10.3. The number of carbonyl (C=O) groups excluding carboxylic acids is 1. The van der Waals surface area contributed by atoms with Crippen molar-refractivity contribution in [3.63, 3.8) is 0 Å². The molecular weight excluding hydrogens is 256 g/mol. The minimum absolute atomic E-state index is 0.104. The van der Waals surface area contributed by atoms with Gasteiger partial charge in [0, 0.05) is 25.2 Å². The number of aromatic nitrogens is 4. The SMILES string of the molecule is CC(C)n1cc(N)cc1C(=O)NCCCc1ncn[nH]1. The molecule has 20 heavy (non-hydrogen) atoms. The van der Waals surface area contributed by atoms with E-state index in [0.29, 0.717) is 17.9 Å². The van der Waals surface area contributed by atoms with Gasteiger partial charge in [0.25, 0.3) is 5.91 Å². The van der Waals surface area contributed by atoms with Crippen molar-refractivity contribution in [2.24, 2.45) is 0 Å². The number of aromatic amines is 1. The van der Waals surface area contributed by atoms with Crippen LogP contribution in [0.25, 0.3) is 0 Å². The summed E-state index contributed by atoms with van der Waals surface area (Å²) in [6.45, 7) is 4.61. The quantitative estimate of drug-likeness (QED) is 0.688. The van der Waals surface area contributed by atoms with Crippen LogP contribution in [0.1, 0.15) is 42.6 Å². The molecule has 0 unspecified atom stereocenters. The molecule has 0 aliphatic carbocycles. The van der Waals surface area contributed by atoms with E-state index in [2.05, 4.69) is 20.5 Å². The van der Waals surface area contributed by atoms with Crippen molar-refractivity contribution in [3.8, 4) is 0 Å². The molecule has 1 amide bonds. The van der Waals surface area contributed by atoms with Crippen LogP contribution in [-0.4, -0.2) is 32.2 Å². The predicted octanol–water partition coefficient (Wildman–Crippen LogP) is 1.13. The average Bonchev–Trinajstić information content (AvgIpc) is 3.03. The standard InChI is InChI=1S/C13H20N6O/c1-9(2)19-7-10(14)6-11(19)13(20)15-5-3-4-12-16-8-17-18-12/h6-9H,3-5,14H2,1-2H3,(H,15,20)(H,16,17,18). The summed E-state index contributed by atoms with van der Waals surface area (Å²) in [5.74, 6) is 0.724. The van der Waals surface area contributed by atoms with E-state index in [-0.39, 0.29) is 11.9 Å². The van der Waals surface area contributed by atoms with Gasteiger partial charge in [-0.25, -0.2) is 4.98 Å². The molecule has 0 bridgehead atoms. The van der Waals surface area contributed by atoms with Gasteiger partial charge in [-0.05, 0) is 26.3 Å². The molecule has 0 saturated carbocycles. The van der Waals surface area contributed by atoms with Crippen LogP contribution < -0.4 is 11.1 Å². The summed E-state index contributed by atoms with van der Waals surface area (Å²) in [6, 6.07) is 1.90. The number of amides is 1. The molecule has 2 aromatic heterocycles. The molecule has 0 aliphatic heterocycles. The maximum absolute atomic E-state index is 12.1. The number of nitrogen functional groups attached to an aromatic ring is 1. The summed E-state index contributed by atoms with van der Waals surface area (Å²) >= 11 is 0. The molecule has 0 aromatic carbocycles. The number of nitrogens with two attached hydrogens (primary N) is 1. The number of hydrogen-bond acceptors (Lipinski definition) is 4. The van der Waals surface area contributed by atoms with E-state index < -0.39 is 0 Å². The van der Waals surface area contributed by atoms with Gasteiger partial charge in [0.15, 0.2) is 0 Å². The Hall–Kier alpha value is -2.31.